The zero-order chi connectivity index (χ0) is 12.6. The van der Waals surface area contributed by atoms with Crippen molar-refractivity contribution in [3.63, 3.8) is 0 Å². The highest BCUT2D eigenvalue weighted by Gasteiger charge is 2.32. The van der Waals surface area contributed by atoms with Crippen molar-refractivity contribution in [2.75, 3.05) is 7.11 Å². The average Bonchev–Trinajstić information content (AvgIpc) is 2.73. The van der Waals surface area contributed by atoms with Crippen molar-refractivity contribution in [3.05, 3.63) is 29.5 Å². The Bertz CT molecular complexity index is 574. The van der Waals surface area contributed by atoms with Crippen LogP contribution in [0.2, 0.25) is 0 Å². The monoisotopic (exact) mass is 244 g/mol. The number of hydrogen-bond donors (Lipinski definition) is 1. The molecule has 0 bridgehead atoms. The Labute approximate surface area is 93.4 Å². The van der Waals surface area contributed by atoms with Gasteiger partial charge in [-0.05, 0) is 12.1 Å². The molecule has 0 atom stereocenters. The molecule has 0 spiro atoms. The summed E-state index contributed by atoms with van der Waals surface area (Å²) >= 11 is 0. The molecule has 90 valence electrons. The minimum absolute atomic E-state index is 0.185. The maximum Gasteiger partial charge on any atom is 0.416 e. The van der Waals surface area contributed by atoms with Crippen LogP contribution in [0.4, 0.5) is 13.2 Å². The summed E-state index contributed by atoms with van der Waals surface area (Å²) in [6, 6.07) is 1.66. The number of H-pyrrole nitrogens is 1. The fraction of sp³-hybridized carbons (Fsp3) is 0.200. The van der Waals surface area contributed by atoms with Gasteiger partial charge >= 0.3 is 12.1 Å². The summed E-state index contributed by atoms with van der Waals surface area (Å²) in [5.41, 5.74) is -0.869. The number of aromatic nitrogens is 2. The number of carbonyl (C=O) groups is 1. The molecule has 0 aliphatic carbocycles. The zero-order valence-corrected chi connectivity index (χ0v) is 8.63. The van der Waals surface area contributed by atoms with E-state index in [1.54, 1.807) is 0 Å². The van der Waals surface area contributed by atoms with Crippen LogP contribution in [-0.4, -0.2) is 23.3 Å². The van der Waals surface area contributed by atoms with E-state index in [2.05, 4.69) is 14.9 Å². The fourth-order valence-electron chi connectivity index (χ4n) is 1.49. The number of ether oxygens (including phenoxy) is 1. The summed E-state index contributed by atoms with van der Waals surface area (Å²) in [5, 5.41) is 6.27. The molecule has 0 saturated heterocycles. The summed E-state index contributed by atoms with van der Waals surface area (Å²) in [6.07, 6.45) is -3.30. The third kappa shape index (κ3) is 1.95. The van der Waals surface area contributed by atoms with Crippen molar-refractivity contribution in [1.29, 1.82) is 0 Å². The molecule has 0 aliphatic heterocycles. The van der Waals surface area contributed by atoms with Crippen molar-refractivity contribution in [1.82, 2.24) is 10.2 Å². The Kier molecular flexibility index (Phi) is 2.53. The zero-order valence-electron chi connectivity index (χ0n) is 8.63. The highest BCUT2D eigenvalue weighted by Crippen LogP contribution is 2.32. The van der Waals surface area contributed by atoms with Crippen LogP contribution in [-0.2, 0) is 10.9 Å². The largest absolute Gasteiger partial charge is 0.465 e. The summed E-state index contributed by atoms with van der Waals surface area (Å²) in [5.74, 6) is -0.842. The number of benzene rings is 1. The SMILES string of the molecule is COC(=O)c1cc(C(F)(F)F)cc2cn[nH]c12. The molecule has 1 aromatic heterocycles. The van der Waals surface area contributed by atoms with Crippen molar-refractivity contribution < 1.29 is 22.7 Å². The first-order valence-corrected chi connectivity index (χ1v) is 4.56. The summed E-state index contributed by atoms with van der Waals surface area (Å²) in [7, 11) is 1.10. The first-order chi connectivity index (χ1) is 7.93. The first-order valence-electron chi connectivity index (χ1n) is 4.56. The van der Waals surface area contributed by atoms with Gasteiger partial charge in [0.1, 0.15) is 0 Å². The van der Waals surface area contributed by atoms with Crippen LogP contribution in [0.1, 0.15) is 15.9 Å². The van der Waals surface area contributed by atoms with E-state index < -0.39 is 17.7 Å². The van der Waals surface area contributed by atoms with Crippen LogP contribution in [0, 0.1) is 0 Å². The number of fused-ring (bicyclic) bond motifs is 1. The number of methoxy groups -OCH3 is 1. The lowest BCUT2D eigenvalue weighted by Crippen LogP contribution is -2.09. The number of nitrogens with zero attached hydrogens (tertiary/aromatic N) is 1. The highest BCUT2D eigenvalue weighted by molar-refractivity contribution is 6.02. The van der Waals surface area contributed by atoms with Crippen LogP contribution in [0.5, 0.6) is 0 Å². The molecule has 2 aromatic rings. The molecule has 0 fully saturated rings. The van der Waals surface area contributed by atoms with Gasteiger partial charge in [0.2, 0.25) is 0 Å². The van der Waals surface area contributed by atoms with E-state index in [4.69, 9.17) is 0 Å². The molecule has 0 amide bonds. The Morgan fingerprint density at radius 2 is 2.12 bits per heavy atom. The fourth-order valence-corrected chi connectivity index (χ4v) is 1.49. The summed E-state index contributed by atoms with van der Waals surface area (Å²) < 4.78 is 42.2. The van der Waals surface area contributed by atoms with E-state index in [-0.39, 0.29) is 16.5 Å². The van der Waals surface area contributed by atoms with E-state index >= 15 is 0 Å². The second-order valence-corrected chi connectivity index (χ2v) is 3.35. The Morgan fingerprint density at radius 3 is 2.71 bits per heavy atom. The number of aromatic amines is 1. The number of nitrogens with one attached hydrogen (secondary N) is 1. The lowest BCUT2D eigenvalue weighted by atomic mass is 10.1. The lowest BCUT2D eigenvalue weighted by Gasteiger charge is -2.08. The van der Waals surface area contributed by atoms with Crippen LogP contribution in [0.25, 0.3) is 10.9 Å². The molecule has 2 rings (SSSR count). The topological polar surface area (TPSA) is 55.0 Å². The molecular formula is C10H7F3N2O2. The molecule has 17 heavy (non-hydrogen) atoms. The van der Waals surface area contributed by atoms with Crippen LogP contribution < -0.4 is 0 Å². The predicted molar refractivity (Wildman–Crippen MR) is 52.4 cm³/mol. The number of hydrogen-bond acceptors (Lipinski definition) is 3. The second-order valence-electron chi connectivity index (χ2n) is 3.35. The van der Waals surface area contributed by atoms with E-state index in [0.29, 0.717) is 0 Å². The normalized spacial score (nSPS) is 11.8. The summed E-state index contributed by atoms with van der Waals surface area (Å²) in [4.78, 5) is 11.4. The van der Waals surface area contributed by atoms with Gasteiger partial charge in [0.25, 0.3) is 0 Å². The van der Waals surface area contributed by atoms with E-state index in [1.165, 1.54) is 6.20 Å². The van der Waals surface area contributed by atoms with Crippen molar-refractivity contribution in [2.24, 2.45) is 0 Å². The maximum atomic E-state index is 12.6. The van der Waals surface area contributed by atoms with Gasteiger partial charge in [-0.2, -0.15) is 18.3 Å². The molecule has 1 heterocycles. The number of halogens is 3. The van der Waals surface area contributed by atoms with E-state index in [9.17, 15) is 18.0 Å². The Hall–Kier alpha value is -2.05. The molecule has 0 unspecified atom stereocenters. The lowest BCUT2D eigenvalue weighted by molar-refractivity contribution is -0.137. The van der Waals surface area contributed by atoms with Crippen molar-refractivity contribution >= 4 is 16.9 Å². The molecule has 0 aliphatic rings. The quantitative estimate of drug-likeness (QED) is 0.783. The van der Waals surface area contributed by atoms with Gasteiger partial charge in [0.15, 0.2) is 0 Å². The van der Waals surface area contributed by atoms with Crippen LogP contribution in [0.15, 0.2) is 18.3 Å². The summed E-state index contributed by atoms with van der Waals surface area (Å²) in [6.45, 7) is 0. The molecule has 0 saturated carbocycles. The predicted octanol–water partition coefficient (Wildman–Crippen LogP) is 2.37. The van der Waals surface area contributed by atoms with Gasteiger partial charge in [0, 0.05) is 5.39 Å². The third-order valence-corrected chi connectivity index (χ3v) is 2.28. The standard InChI is InChI=1S/C10H7F3N2O2/c1-17-9(16)7-3-6(10(11,12)13)2-5-4-14-15-8(5)7/h2-4H,1H3,(H,14,15). The smallest absolute Gasteiger partial charge is 0.416 e. The second kappa shape index (κ2) is 3.76. The van der Waals surface area contributed by atoms with Gasteiger partial charge in [0.05, 0.1) is 30.0 Å². The molecule has 1 aromatic carbocycles. The number of alkyl halides is 3. The first kappa shape index (κ1) is 11.4. The minimum atomic E-state index is -4.52. The molecule has 1 N–H and O–H groups in total. The highest BCUT2D eigenvalue weighted by atomic mass is 19.4. The van der Waals surface area contributed by atoms with Crippen molar-refractivity contribution in [2.45, 2.75) is 6.18 Å². The number of rotatable bonds is 1. The Morgan fingerprint density at radius 1 is 1.41 bits per heavy atom. The minimum Gasteiger partial charge on any atom is -0.465 e. The van der Waals surface area contributed by atoms with E-state index in [0.717, 1.165) is 19.2 Å². The van der Waals surface area contributed by atoms with Crippen LogP contribution >= 0.6 is 0 Å². The number of esters is 1. The molecule has 4 nitrogen and oxygen atoms in total. The van der Waals surface area contributed by atoms with Gasteiger partial charge in [-0.25, -0.2) is 4.79 Å². The van der Waals surface area contributed by atoms with Crippen LogP contribution in [0.3, 0.4) is 0 Å². The maximum absolute atomic E-state index is 12.6. The van der Waals surface area contributed by atoms with Gasteiger partial charge in [-0.1, -0.05) is 0 Å². The van der Waals surface area contributed by atoms with Crippen molar-refractivity contribution in [3.8, 4) is 0 Å². The van der Waals surface area contributed by atoms with E-state index in [1.807, 2.05) is 0 Å². The van der Waals surface area contributed by atoms with Gasteiger partial charge in [-0.15, -0.1) is 0 Å². The number of carbonyl (C=O) groups excluding carboxylic acids is 1. The third-order valence-electron chi connectivity index (χ3n) is 2.28. The molecule has 7 heteroatoms. The average molecular weight is 244 g/mol. The van der Waals surface area contributed by atoms with Gasteiger partial charge < -0.3 is 4.74 Å². The van der Waals surface area contributed by atoms with Gasteiger partial charge in [-0.3, -0.25) is 5.10 Å². The molecule has 0 radical (unpaired) electrons. The molecular weight excluding hydrogens is 237 g/mol. The Balaban J connectivity index is 2.71.